The highest BCUT2D eigenvalue weighted by Crippen LogP contribution is 2.37. The lowest BCUT2D eigenvalue weighted by Gasteiger charge is -2.20. The van der Waals surface area contributed by atoms with E-state index >= 15 is 0 Å². The zero-order valence-corrected chi connectivity index (χ0v) is 10.1. The van der Waals surface area contributed by atoms with E-state index in [0.717, 1.165) is 0 Å². The quantitative estimate of drug-likeness (QED) is 0.645. The van der Waals surface area contributed by atoms with Crippen LogP contribution in [0.3, 0.4) is 0 Å². The van der Waals surface area contributed by atoms with Crippen LogP contribution in [0.5, 0.6) is 0 Å². The van der Waals surface area contributed by atoms with E-state index < -0.39 is 0 Å². The zero-order chi connectivity index (χ0) is 11.8. The topological polar surface area (TPSA) is 3.24 Å². The fourth-order valence-electron chi connectivity index (χ4n) is 2.37. The largest absolute Gasteiger partial charge is 0.348 e. The highest BCUT2D eigenvalue weighted by molar-refractivity contribution is 5.88. The average molecular weight is 221 g/mol. The molecule has 1 heteroatoms. The summed E-state index contributed by atoms with van der Waals surface area (Å²) < 4.78 is 0. The van der Waals surface area contributed by atoms with Gasteiger partial charge in [-0.25, -0.2) is 0 Å². The van der Waals surface area contributed by atoms with Crippen molar-refractivity contribution in [3.8, 4) is 11.1 Å². The molecule has 0 bridgehead atoms. The van der Waals surface area contributed by atoms with Crippen molar-refractivity contribution >= 4 is 11.8 Å². The van der Waals surface area contributed by atoms with E-state index in [0.29, 0.717) is 0 Å². The number of hydrogen-bond donors (Lipinski definition) is 0. The first kappa shape index (κ1) is 10.2. The molecule has 0 saturated carbocycles. The number of rotatable bonds is 0. The summed E-state index contributed by atoms with van der Waals surface area (Å²) in [5.74, 6) is 0. The summed E-state index contributed by atoms with van der Waals surface area (Å²) in [6.45, 7) is 2.15. The van der Waals surface area contributed by atoms with E-state index in [1.165, 1.54) is 28.1 Å². The average Bonchev–Trinajstić information content (AvgIpc) is 2.48. The Morgan fingerprint density at radius 1 is 0.824 bits per heavy atom. The number of para-hydroxylation sites is 1. The van der Waals surface area contributed by atoms with E-state index in [2.05, 4.69) is 73.5 Å². The van der Waals surface area contributed by atoms with Gasteiger partial charge in [-0.1, -0.05) is 42.5 Å². The molecule has 0 aromatic heterocycles. The molecule has 0 saturated heterocycles. The molecule has 1 nitrogen and oxygen atoms in total. The van der Waals surface area contributed by atoms with Crippen LogP contribution >= 0.6 is 0 Å². The Balaban J connectivity index is 2.37. The highest BCUT2D eigenvalue weighted by Gasteiger charge is 2.15. The van der Waals surface area contributed by atoms with Crippen LogP contribution in [0.4, 0.5) is 5.69 Å². The Morgan fingerprint density at radius 2 is 1.47 bits per heavy atom. The van der Waals surface area contributed by atoms with Gasteiger partial charge in [-0.15, -0.1) is 0 Å². The molecule has 17 heavy (non-hydrogen) atoms. The number of benzene rings is 2. The van der Waals surface area contributed by atoms with Gasteiger partial charge in [0.25, 0.3) is 0 Å². The summed E-state index contributed by atoms with van der Waals surface area (Å²) in [6, 6.07) is 17.1. The van der Waals surface area contributed by atoms with E-state index in [1.54, 1.807) is 0 Å². The van der Waals surface area contributed by atoms with Crippen LogP contribution in [-0.4, -0.2) is 7.05 Å². The van der Waals surface area contributed by atoms with Gasteiger partial charge in [-0.05, 0) is 30.2 Å². The third kappa shape index (κ3) is 1.55. The number of anilines is 1. The van der Waals surface area contributed by atoms with E-state index in [1.807, 2.05) is 0 Å². The zero-order valence-electron chi connectivity index (χ0n) is 10.1. The van der Waals surface area contributed by atoms with Gasteiger partial charge in [0.1, 0.15) is 0 Å². The fourth-order valence-corrected chi connectivity index (χ4v) is 2.37. The minimum atomic E-state index is 1.27. The minimum absolute atomic E-state index is 1.27. The van der Waals surface area contributed by atoms with Crippen molar-refractivity contribution in [2.45, 2.75) is 6.92 Å². The molecule has 84 valence electrons. The molecule has 0 fully saturated rings. The van der Waals surface area contributed by atoms with Crippen LogP contribution in [-0.2, 0) is 0 Å². The number of hydrogen-bond acceptors (Lipinski definition) is 1. The van der Waals surface area contributed by atoms with Crippen molar-refractivity contribution in [2.75, 3.05) is 11.9 Å². The number of allylic oxidation sites excluding steroid dienone is 1. The fraction of sp³-hybridized carbons (Fsp3) is 0.125. The van der Waals surface area contributed by atoms with Gasteiger partial charge in [0.2, 0.25) is 0 Å². The van der Waals surface area contributed by atoms with Crippen LogP contribution in [0.15, 0.2) is 54.2 Å². The molecule has 0 N–H and O–H groups in total. The van der Waals surface area contributed by atoms with Gasteiger partial charge in [0, 0.05) is 24.0 Å². The van der Waals surface area contributed by atoms with Crippen molar-refractivity contribution in [1.82, 2.24) is 0 Å². The Morgan fingerprint density at radius 3 is 2.29 bits per heavy atom. The van der Waals surface area contributed by atoms with Crippen molar-refractivity contribution in [2.24, 2.45) is 0 Å². The lowest BCUT2D eigenvalue weighted by atomic mass is 9.99. The molecule has 0 atom stereocenters. The molecule has 0 radical (unpaired) electrons. The minimum Gasteiger partial charge on any atom is -0.348 e. The number of fused-ring (bicyclic) bond motifs is 3. The molecule has 1 aliphatic heterocycles. The summed E-state index contributed by atoms with van der Waals surface area (Å²) in [6.07, 6.45) is 2.25. The molecule has 3 rings (SSSR count). The maximum absolute atomic E-state index is 2.25. The van der Waals surface area contributed by atoms with Crippen molar-refractivity contribution in [3.05, 3.63) is 59.8 Å². The monoisotopic (exact) mass is 221 g/mol. The third-order valence-electron chi connectivity index (χ3n) is 3.41. The summed E-state index contributed by atoms with van der Waals surface area (Å²) in [5, 5.41) is 0. The molecule has 2 aromatic rings. The Hall–Kier alpha value is -2.02. The van der Waals surface area contributed by atoms with E-state index in [4.69, 9.17) is 0 Å². The summed E-state index contributed by atoms with van der Waals surface area (Å²) in [4.78, 5) is 2.25. The highest BCUT2D eigenvalue weighted by atomic mass is 15.1. The second-order valence-electron chi connectivity index (χ2n) is 4.45. The smallest absolute Gasteiger partial charge is 0.0485 e. The standard InChI is InChI=1S/C16H15N/c1-12-11-13-7-3-4-8-14(13)15-9-5-6-10-16(15)17(12)2/h3-11H,1-2H3. The molecule has 0 aliphatic carbocycles. The van der Waals surface area contributed by atoms with Crippen molar-refractivity contribution in [1.29, 1.82) is 0 Å². The maximum Gasteiger partial charge on any atom is 0.0485 e. The van der Waals surface area contributed by atoms with Crippen molar-refractivity contribution < 1.29 is 0 Å². The Kier molecular flexibility index (Phi) is 2.25. The Bertz CT molecular complexity index is 596. The van der Waals surface area contributed by atoms with Crippen LogP contribution in [0.1, 0.15) is 12.5 Å². The predicted octanol–water partition coefficient (Wildman–Crippen LogP) is 4.16. The van der Waals surface area contributed by atoms with E-state index in [9.17, 15) is 0 Å². The van der Waals surface area contributed by atoms with Crippen molar-refractivity contribution in [3.63, 3.8) is 0 Å². The lowest BCUT2D eigenvalue weighted by molar-refractivity contribution is 1.11. The molecule has 1 aliphatic rings. The van der Waals surface area contributed by atoms with Gasteiger partial charge >= 0.3 is 0 Å². The first-order chi connectivity index (χ1) is 8.27. The van der Waals surface area contributed by atoms with Gasteiger partial charge < -0.3 is 4.90 Å². The molecule has 1 heterocycles. The van der Waals surface area contributed by atoms with Gasteiger partial charge in [0.05, 0.1) is 0 Å². The van der Waals surface area contributed by atoms with E-state index in [-0.39, 0.29) is 0 Å². The first-order valence-electron chi connectivity index (χ1n) is 5.88. The van der Waals surface area contributed by atoms with Crippen LogP contribution in [0.2, 0.25) is 0 Å². The molecular formula is C16H15N. The SMILES string of the molecule is CC1=Cc2ccccc2-c2ccccc2N1C. The second kappa shape index (κ2) is 3.77. The molecule has 0 amide bonds. The predicted molar refractivity (Wildman–Crippen MR) is 73.9 cm³/mol. The number of nitrogens with zero attached hydrogens (tertiary/aromatic N) is 1. The van der Waals surface area contributed by atoms with Gasteiger partial charge in [-0.2, -0.15) is 0 Å². The first-order valence-corrected chi connectivity index (χ1v) is 5.88. The molecular weight excluding hydrogens is 206 g/mol. The summed E-state index contributed by atoms with van der Waals surface area (Å²) in [5.41, 5.74) is 6.45. The normalized spacial score (nSPS) is 13.5. The summed E-state index contributed by atoms with van der Waals surface area (Å²) >= 11 is 0. The van der Waals surface area contributed by atoms with Crippen LogP contribution < -0.4 is 4.90 Å². The van der Waals surface area contributed by atoms with Gasteiger partial charge in [0.15, 0.2) is 0 Å². The maximum atomic E-state index is 2.25. The third-order valence-corrected chi connectivity index (χ3v) is 3.41. The lowest BCUT2D eigenvalue weighted by Crippen LogP contribution is -2.13. The Labute approximate surface area is 102 Å². The second-order valence-corrected chi connectivity index (χ2v) is 4.45. The molecule has 0 spiro atoms. The molecule has 0 unspecified atom stereocenters. The van der Waals surface area contributed by atoms with Crippen LogP contribution in [0, 0.1) is 0 Å². The summed E-state index contributed by atoms with van der Waals surface area (Å²) in [7, 11) is 2.12. The van der Waals surface area contributed by atoms with Gasteiger partial charge in [-0.3, -0.25) is 0 Å². The van der Waals surface area contributed by atoms with Crippen LogP contribution in [0.25, 0.3) is 17.2 Å². The molecule has 2 aromatic carbocycles.